The van der Waals surface area contributed by atoms with Gasteiger partial charge in [-0.3, -0.25) is 9.59 Å². The zero-order valence-corrected chi connectivity index (χ0v) is 13.8. The van der Waals surface area contributed by atoms with E-state index in [9.17, 15) is 22.8 Å². The summed E-state index contributed by atoms with van der Waals surface area (Å²) in [6, 6.07) is 5.31. The SMILES string of the molecule is NCC(=O)NCC(=O)NCC1(c2cccc(C(F)(F)F)c2)CCCC1. The maximum Gasteiger partial charge on any atom is 0.416 e. The molecule has 0 bridgehead atoms. The lowest BCUT2D eigenvalue weighted by atomic mass is 9.78. The number of nitrogens with two attached hydrogens (primary N) is 1. The number of hydrogen-bond donors (Lipinski definition) is 3. The van der Waals surface area contributed by atoms with Gasteiger partial charge in [-0.2, -0.15) is 13.2 Å². The Labute approximate surface area is 144 Å². The molecule has 1 aliphatic carbocycles. The molecule has 138 valence electrons. The van der Waals surface area contributed by atoms with Crippen molar-refractivity contribution < 1.29 is 22.8 Å². The van der Waals surface area contributed by atoms with Gasteiger partial charge in [0.15, 0.2) is 0 Å². The monoisotopic (exact) mass is 357 g/mol. The molecular formula is C17H22F3N3O2. The minimum atomic E-state index is -4.40. The average molecular weight is 357 g/mol. The Hall–Kier alpha value is -2.09. The lowest BCUT2D eigenvalue weighted by Gasteiger charge is -2.30. The second kappa shape index (κ2) is 7.86. The van der Waals surface area contributed by atoms with Gasteiger partial charge in [0, 0.05) is 12.0 Å². The van der Waals surface area contributed by atoms with Crippen molar-refractivity contribution >= 4 is 11.8 Å². The van der Waals surface area contributed by atoms with Crippen LogP contribution in [0.5, 0.6) is 0 Å². The number of hydrogen-bond acceptors (Lipinski definition) is 3. The first-order valence-corrected chi connectivity index (χ1v) is 8.18. The van der Waals surface area contributed by atoms with Crippen molar-refractivity contribution in [3.05, 3.63) is 35.4 Å². The van der Waals surface area contributed by atoms with Crippen LogP contribution >= 0.6 is 0 Å². The van der Waals surface area contributed by atoms with Gasteiger partial charge in [-0.05, 0) is 24.5 Å². The van der Waals surface area contributed by atoms with Gasteiger partial charge in [-0.1, -0.05) is 31.0 Å². The van der Waals surface area contributed by atoms with Crippen molar-refractivity contribution in [1.82, 2.24) is 10.6 Å². The van der Waals surface area contributed by atoms with Gasteiger partial charge in [0.1, 0.15) is 0 Å². The highest BCUT2D eigenvalue weighted by Crippen LogP contribution is 2.42. The van der Waals surface area contributed by atoms with E-state index in [1.54, 1.807) is 6.07 Å². The summed E-state index contributed by atoms with van der Waals surface area (Å²) >= 11 is 0. The number of carbonyl (C=O) groups excluding carboxylic acids is 2. The molecule has 2 rings (SSSR count). The smallest absolute Gasteiger partial charge is 0.354 e. The van der Waals surface area contributed by atoms with Gasteiger partial charge in [0.25, 0.3) is 0 Å². The number of nitrogens with one attached hydrogen (secondary N) is 2. The van der Waals surface area contributed by atoms with Gasteiger partial charge in [-0.15, -0.1) is 0 Å². The molecule has 0 unspecified atom stereocenters. The summed E-state index contributed by atoms with van der Waals surface area (Å²) in [6.07, 6.45) is -1.18. The number of rotatable bonds is 6. The summed E-state index contributed by atoms with van der Waals surface area (Å²) in [7, 11) is 0. The van der Waals surface area contributed by atoms with Crippen LogP contribution in [0.3, 0.4) is 0 Å². The molecule has 25 heavy (non-hydrogen) atoms. The van der Waals surface area contributed by atoms with Gasteiger partial charge < -0.3 is 16.4 Å². The highest BCUT2D eigenvalue weighted by atomic mass is 19.4. The maximum atomic E-state index is 13.0. The van der Waals surface area contributed by atoms with E-state index in [4.69, 9.17) is 5.73 Å². The minimum absolute atomic E-state index is 0.200. The molecule has 0 aromatic heterocycles. The number of alkyl halides is 3. The van der Waals surface area contributed by atoms with Crippen molar-refractivity contribution in [3.8, 4) is 0 Å². The molecule has 1 fully saturated rings. The summed E-state index contributed by atoms with van der Waals surface area (Å²) in [5.74, 6) is -0.830. The molecule has 1 aromatic carbocycles. The number of amides is 2. The third kappa shape index (κ3) is 4.94. The van der Waals surface area contributed by atoms with Crippen LogP contribution in [-0.4, -0.2) is 31.4 Å². The Bertz CT molecular complexity index is 626. The van der Waals surface area contributed by atoms with Crippen LogP contribution in [0.1, 0.15) is 36.8 Å². The summed E-state index contributed by atoms with van der Waals surface area (Å²) in [5.41, 5.74) is 4.54. The molecule has 1 aliphatic rings. The van der Waals surface area contributed by atoms with E-state index in [-0.39, 0.29) is 25.5 Å². The largest absolute Gasteiger partial charge is 0.416 e. The lowest BCUT2D eigenvalue weighted by molar-refractivity contribution is -0.137. The molecule has 0 saturated heterocycles. The van der Waals surface area contributed by atoms with Gasteiger partial charge in [0.2, 0.25) is 11.8 Å². The molecule has 0 aliphatic heterocycles. The quantitative estimate of drug-likeness (QED) is 0.725. The first-order chi connectivity index (χ1) is 11.8. The van der Waals surface area contributed by atoms with Crippen molar-refractivity contribution in [3.63, 3.8) is 0 Å². The van der Waals surface area contributed by atoms with Crippen LogP contribution in [0.15, 0.2) is 24.3 Å². The summed E-state index contributed by atoms with van der Waals surface area (Å²) < 4.78 is 38.9. The Morgan fingerprint density at radius 3 is 2.40 bits per heavy atom. The molecule has 0 radical (unpaired) electrons. The minimum Gasteiger partial charge on any atom is -0.354 e. The first-order valence-electron chi connectivity index (χ1n) is 8.18. The molecular weight excluding hydrogens is 335 g/mol. The third-order valence-electron chi connectivity index (χ3n) is 4.62. The normalized spacial score (nSPS) is 16.5. The average Bonchev–Trinajstić information content (AvgIpc) is 3.07. The number of benzene rings is 1. The van der Waals surface area contributed by atoms with Crippen LogP contribution in [0.25, 0.3) is 0 Å². The number of halogens is 3. The lowest BCUT2D eigenvalue weighted by Crippen LogP contribution is -2.44. The maximum absolute atomic E-state index is 13.0. The zero-order valence-electron chi connectivity index (χ0n) is 13.8. The topological polar surface area (TPSA) is 84.2 Å². The molecule has 0 atom stereocenters. The Balaban J connectivity index is 2.09. The van der Waals surface area contributed by atoms with E-state index in [2.05, 4.69) is 10.6 Å². The van der Waals surface area contributed by atoms with Crippen molar-refractivity contribution in [2.24, 2.45) is 5.73 Å². The van der Waals surface area contributed by atoms with E-state index in [0.29, 0.717) is 18.4 Å². The van der Waals surface area contributed by atoms with E-state index in [1.165, 1.54) is 12.1 Å². The first kappa shape index (κ1) is 19.2. The highest BCUT2D eigenvalue weighted by Gasteiger charge is 2.38. The van der Waals surface area contributed by atoms with Crippen molar-refractivity contribution in [1.29, 1.82) is 0 Å². The van der Waals surface area contributed by atoms with Crippen molar-refractivity contribution in [2.75, 3.05) is 19.6 Å². The van der Waals surface area contributed by atoms with Crippen LogP contribution < -0.4 is 16.4 Å². The molecule has 8 heteroatoms. The van der Waals surface area contributed by atoms with Crippen molar-refractivity contribution in [2.45, 2.75) is 37.3 Å². The summed E-state index contributed by atoms with van der Waals surface area (Å²) in [6.45, 7) is -0.165. The van der Waals surface area contributed by atoms with Gasteiger partial charge in [-0.25, -0.2) is 0 Å². The summed E-state index contributed by atoms with van der Waals surface area (Å²) in [4.78, 5) is 22.9. The molecule has 1 saturated carbocycles. The van der Waals surface area contributed by atoms with Crippen LogP contribution in [0.4, 0.5) is 13.2 Å². The van der Waals surface area contributed by atoms with Gasteiger partial charge in [0.05, 0.1) is 18.7 Å². The van der Waals surface area contributed by atoms with E-state index in [0.717, 1.165) is 18.9 Å². The predicted octanol–water partition coefficient (Wildman–Crippen LogP) is 1.71. The molecule has 2 amide bonds. The fourth-order valence-corrected chi connectivity index (χ4v) is 3.23. The standard InChI is InChI=1S/C17H22F3N3O2/c18-17(19,20)13-5-3-4-12(8-13)16(6-1-2-7-16)11-23-15(25)10-22-14(24)9-21/h3-5,8H,1-2,6-7,9-11,21H2,(H,22,24)(H,23,25). The zero-order chi connectivity index (χ0) is 18.5. The Morgan fingerprint density at radius 1 is 1.12 bits per heavy atom. The van der Waals surface area contributed by atoms with Crippen LogP contribution in [0.2, 0.25) is 0 Å². The van der Waals surface area contributed by atoms with Gasteiger partial charge >= 0.3 is 6.18 Å². The van der Waals surface area contributed by atoms with E-state index < -0.39 is 23.1 Å². The predicted molar refractivity (Wildman–Crippen MR) is 86.7 cm³/mol. The molecule has 0 spiro atoms. The Morgan fingerprint density at radius 2 is 1.80 bits per heavy atom. The Kier molecular flexibility index (Phi) is 6.05. The second-order valence-corrected chi connectivity index (χ2v) is 6.32. The van der Waals surface area contributed by atoms with Crippen LogP contribution in [-0.2, 0) is 21.2 Å². The van der Waals surface area contributed by atoms with E-state index in [1.807, 2.05) is 0 Å². The van der Waals surface area contributed by atoms with E-state index >= 15 is 0 Å². The summed E-state index contributed by atoms with van der Waals surface area (Å²) in [5, 5.41) is 5.09. The van der Waals surface area contributed by atoms with Crippen LogP contribution in [0, 0.1) is 0 Å². The molecule has 4 N–H and O–H groups in total. The fraction of sp³-hybridized carbons (Fsp3) is 0.529. The molecule has 0 heterocycles. The highest BCUT2D eigenvalue weighted by molar-refractivity contribution is 5.85. The third-order valence-corrected chi connectivity index (χ3v) is 4.62. The fourth-order valence-electron chi connectivity index (χ4n) is 3.23. The molecule has 1 aromatic rings. The second-order valence-electron chi connectivity index (χ2n) is 6.32. The number of carbonyl (C=O) groups is 2. The molecule has 5 nitrogen and oxygen atoms in total.